The Balaban J connectivity index is 1.41. The molecule has 4 atom stereocenters. The number of ether oxygens (including phenoxy) is 2. The van der Waals surface area contributed by atoms with Crippen LogP contribution in [-0.2, 0) is 19.2 Å². The molecule has 2 saturated heterocycles. The van der Waals surface area contributed by atoms with Crippen molar-refractivity contribution in [1.29, 1.82) is 0 Å². The molecule has 48 heavy (non-hydrogen) atoms. The van der Waals surface area contributed by atoms with E-state index in [-0.39, 0.29) is 23.6 Å². The first-order chi connectivity index (χ1) is 23.2. The molecule has 0 N–H and O–H groups in total. The molecule has 5 aliphatic rings. The smallest absolute Gasteiger partial charge is 0.238 e. The third-order valence-electron chi connectivity index (χ3n) is 11.3. The SMILES string of the molecule is COc1ccc(N2C(=O)C3C(C2=O)C2(C)C(c4ccccc4)=C(c4ccccc4)C3(C)C3C(=O)N(c4ccc(OC)cc4)C(=O)C32)cc1. The van der Waals surface area contributed by atoms with Gasteiger partial charge < -0.3 is 9.47 Å². The van der Waals surface area contributed by atoms with Crippen molar-refractivity contribution >= 4 is 46.1 Å². The van der Waals surface area contributed by atoms with Crippen LogP contribution in [0.1, 0.15) is 25.0 Å². The van der Waals surface area contributed by atoms with E-state index in [1.165, 1.54) is 9.80 Å². The zero-order chi connectivity index (χ0) is 33.5. The molecule has 3 aliphatic carbocycles. The van der Waals surface area contributed by atoms with Crippen LogP contribution in [0.25, 0.3) is 11.1 Å². The van der Waals surface area contributed by atoms with E-state index in [9.17, 15) is 19.2 Å². The second-order valence-electron chi connectivity index (χ2n) is 13.4. The first kappa shape index (κ1) is 29.9. The molecule has 2 aliphatic heterocycles. The van der Waals surface area contributed by atoms with E-state index in [1.54, 1.807) is 62.8 Å². The summed E-state index contributed by atoms with van der Waals surface area (Å²) in [6, 6.07) is 33.2. The van der Waals surface area contributed by atoms with Gasteiger partial charge in [0, 0.05) is 10.8 Å². The fraction of sp³-hybridized carbons (Fsp3) is 0.250. The van der Waals surface area contributed by atoms with Crippen LogP contribution in [0.3, 0.4) is 0 Å². The number of anilines is 2. The zero-order valence-corrected chi connectivity index (χ0v) is 27.0. The van der Waals surface area contributed by atoms with Crippen LogP contribution in [0.5, 0.6) is 11.5 Å². The number of hydrogen-bond donors (Lipinski definition) is 0. The van der Waals surface area contributed by atoms with Gasteiger partial charge in [0.2, 0.25) is 23.6 Å². The van der Waals surface area contributed by atoms with Gasteiger partial charge in [-0.2, -0.15) is 0 Å². The normalized spacial score (nSPS) is 29.0. The highest BCUT2D eigenvalue weighted by molar-refractivity contribution is 6.30. The summed E-state index contributed by atoms with van der Waals surface area (Å²) < 4.78 is 10.7. The number of methoxy groups -OCH3 is 2. The zero-order valence-electron chi connectivity index (χ0n) is 27.0. The number of hydrogen-bond acceptors (Lipinski definition) is 6. The molecular formula is C40H34N2O6. The summed E-state index contributed by atoms with van der Waals surface area (Å²) in [6.45, 7) is 3.86. The molecule has 2 bridgehead atoms. The Morgan fingerprint density at radius 3 is 1.02 bits per heavy atom. The van der Waals surface area contributed by atoms with E-state index in [0.717, 1.165) is 22.3 Å². The summed E-state index contributed by atoms with van der Waals surface area (Å²) in [4.78, 5) is 62.1. The van der Waals surface area contributed by atoms with Crippen molar-refractivity contribution in [2.75, 3.05) is 24.0 Å². The van der Waals surface area contributed by atoms with E-state index in [2.05, 4.69) is 0 Å². The predicted molar refractivity (Wildman–Crippen MR) is 181 cm³/mol. The monoisotopic (exact) mass is 638 g/mol. The third kappa shape index (κ3) is 3.71. The molecule has 240 valence electrons. The minimum absolute atomic E-state index is 0.369. The molecule has 1 saturated carbocycles. The van der Waals surface area contributed by atoms with Gasteiger partial charge in [0.15, 0.2) is 0 Å². The number of amides is 4. The summed E-state index contributed by atoms with van der Waals surface area (Å²) in [6.07, 6.45) is 0. The molecule has 4 aromatic carbocycles. The van der Waals surface area contributed by atoms with E-state index >= 15 is 0 Å². The molecule has 9 rings (SSSR count). The van der Waals surface area contributed by atoms with Crippen LogP contribution < -0.4 is 19.3 Å². The Morgan fingerprint density at radius 1 is 0.458 bits per heavy atom. The van der Waals surface area contributed by atoms with Crippen molar-refractivity contribution in [2.24, 2.45) is 34.5 Å². The molecule has 4 amide bonds. The molecule has 8 heteroatoms. The van der Waals surface area contributed by atoms with Gasteiger partial charge in [-0.1, -0.05) is 74.5 Å². The van der Waals surface area contributed by atoms with Crippen LogP contribution in [0.2, 0.25) is 0 Å². The number of allylic oxidation sites excluding steroid dienone is 2. The maximum Gasteiger partial charge on any atom is 0.238 e. The molecule has 4 aromatic rings. The van der Waals surface area contributed by atoms with Gasteiger partial charge in [-0.3, -0.25) is 19.2 Å². The van der Waals surface area contributed by atoms with Crippen molar-refractivity contribution in [3.8, 4) is 11.5 Å². The van der Waals surface area contributed by atoms with E-state index in [4.69, 9.17) is 9.47 Å². The Labute approximate surface area is 278 Å². The fourth-order valence-electron chi connectivity index (χ4n) is 9.39. The van der Waals surface area contributed by atoms with Crippen LogP contribution in [0.4, 0.5) is 11.4 Å². The van der Waals surface area contributed by atoms with Crippen molar-refractivity contribution in [3.63, 3.8) is 0 Å². The molecule has 4 unspecified atom stereocenters. The summed E-state index contributed by atoms with van der Waals surface area (Å²) >= 11 is 0. The van der Waals surface area contributed by atoms with Crippen molar-refractivity contribution in [2.45, 2.75) is 13.8 Å². The Morgan fingerprint density at radius 2 is 0.750 bits per heavy atom. The lowest BCUT2D eigenvalue weighted by atomic mass is 9.36. The molecule has 8 nitrogen and oxygen atoms in total. The van der Waals surface area contributed by atoms with Crippen LogP contribution in [-0.4, -0.2) is 37.8 Å². The largest absolute Gasteiger partial charge is 0.497 e. The number of carbonyl (C=O) groups excluding carboxylic acids is 4. The van der Waals surface area contributed by atoms with E-state index < -0.39 is 34.5 Å². The average Bonchev–Trinajstić information content (AvgIpc) is 3.56. The second kappa shape index (κ2) is 10.5. The molecule has 0 spiro atoms. The van der Waals surface area contributed by atoms with Gasteiger partial charge in [0.1, 0.15) is 11.5 Å². The number of carbonyl (C=O) groups is 4. The Hall–Kier alpha value is -5.50. The quantitative estimate of drug-likeness (QED) is 0.231. The van der Waals surface area contributed by atoms with Gasteiger partial charge in [0.05, 0.1) is 49.3 Å². The number of rotatable bonds is 6. The third-order valence-corrected chi connectivity index (χ3v) is 11.3. The van der Waals surface area contributed by atoms with Crippen LogP contribution in [0, 0.1) is 34.5 Å². The number of imide groups is 2. The van der Waals surface area contributed by atoms with Gasteiger partial charge >= 0.3 is 0 Å². The van der Waals surface area contributed by atoms with Gasteiger partial charge in [0.25, 0.3) is 0 Å². The molecule has 3 fully saturated rings. The fourth-order valence-corrected chi connectivity index (χ4v) is 9.39. The summed E-state index contributed by atoms with van der Waals surface area (Å²) in [5.41, 5.74) is 1.78. The number of benzene rings is 4. The lowest BCUT2D eigenvalue weighted by Gasteiger charge is -2.62. The van der Waals surface area contributed by atoms with Crippen molar-refractivity contribution in [3.05, 3.63) is 120 Å². The first-order valence-corrected chi connectivity index (χ1v) is 16.1. The Bertz CT molecular complexity index is 1830. The highest BCUT2D eigenvalue weighted by Crippen LogP contribution is 2.76. The van der Waals surface area contributed by atoms with Crippen LogP contribution >= 0.6 is 0 Å². The molecule has 2 heterocycles. The predicted octanol–water partition coefficient (Wildman–Crippen LogP) is 6.27. The number of nitrogens with zero attached hydrogens (tertiary/aromatic N) is 2. The lowest BCUT2D eigenvalue weighted by Crippen LogP contribution is -2.64. The van der Waals surface area contributed by atoms with Crippen LogP contribution in [0.15, 0.2) is 109 Å². The standard InChI is InChI=1S/C40H34N2O6/c1-39-29(23-11-7-5-8-12-23)30(24-13-9-6-10-14-24)40(2,33-31(39)35(43)41(37(33)45)25-15-19-27(47-3)20-16-25)34-32(39)36(44)42(38(34)46)26-17-21-28(48-4)22-18-26/h5-22,31-34H,1-4H3. The van der Waals surface area contributed by atoms with Gasteiger partial charge in [-0.25, -0.2) is 9.80 Å². The summed E-state index contributed by atoms with van der Waals surface area (Å²) in [5, 5.41) is 0. The maximum atomic E-state index is 14.9. The van der Waals surface area contributed by atoms with E-state index in [1.807, 2.05) is 74.5 Å². The highest BCUT2D eigenvalue weighted by atomic mass is 16.5. The van der Waals surface area contributed by atoms with Gasteiger partial charge in [-0.05, 0) is 70.8 Å². The second-order valence-corrected chi connectivity index (χ2v) is 13.4. The minimum atomic E-state index is -1.22. The van der Waals surface area contributed by atoms with Crippen molar-refractivity contribution in [1.82, 2.24) is 0 Å². The lowest BCUT2D eigenvalue weighted by molar-refractivity contribution is -0.151. The maximum absolute atomic E-state index is 14.9. The molecular weight excluding hydrogens is 604 g/mol. The van der Waals surface area contributed by atoms with Gasteiger partial charge in [-0.15, -0.1) is 0 Å². The Kier molecular flexibility index (Phi) is 6.54. The first-order valence-electron chi connectivity index (χ1n) is 16.1. The summed E-state index contributed by atoms with van der Waals surface area (Å²) in [5.74, 6) is -3.87. The van der Waals surface area contributed by atoms with Crippen molar-refractivity contribution < 1.29 is 28.7 Å². The molecule has 0 aromatic heterocycles. The topological polar surface area (TPSA) is 93.2 Å². The highest BCUT2D eigenvalue weighted by Gasteiger charge is 2.80. The average molecular weight is 639 g/mol. The summed E-state index contributed by atoms with van der Waals surface area (Å²) in [7, 11) is 3.11. The minimum Gasteiger partial charge on any atom is -0.497 e. The molecule has 0 radical (unpaired) electrons. The van der Waals surface area contributed by atoms with E-state index in [0.29, 0.717) is 22.9 Å².